The number of imide groups is 1. The molecule has 1 saturated carbocycles. The van der Waals surface area contributed by atoms with Gasteiger partial charge in [-0.25, -0.2) is 4.39 Å². The van der Waals surface area contributed by atoms with E-state index in [1.165, 1.54) is 17.0 Å². The Morgan fingerprint density at radius 2 is 1.83 bits per heavy atom. The molecule has 192 valence electrons. The largest absolute Gasteiger partial charge is 0.490 e. The molecule has 0 spiro atoms. The number of ether oxygens (including phenoxy) is 1. The second-order valence-corrected chi connectivity index (χ2v) is 10.0. The molecular formula is C26H27Cl2FN2O5. The summed E-state index contributed by atoms with van der Waals surface area (Å²) in [7, 11) is 0. The average molecular weight is 537 g/mol. The van der Waals surface area contributed by atoms with E-state index >= 15 is 0 Å². The number of nitrogens with zero attached hydrogens (tertiary/aromatic N) is 1. The third-order valence-corrected chi connectivity index (χ3v) is 7.11. The molecule has 2 fully saturated rings. The predicted octanol–water partition coefficient (Wildman–Crippen LogP) is 4.79. The van der Waals surface area contributed by atoms with Crippen molar-refractivity contribution in [1.82, 2.24) is 10.2 Å². The molecule has 2 aromatic rings. The fourth-order valence-corrected chi connectivity index (χ4v) is 4.83. The summed E-state index contributed by atoms with van der Waals surface area (Å²) in [6.45, 7) is 0.330. The maximum Gasteiger partial charge on any atom is 0.305 e. The van der Waals surface area contributed by atoms with Crippen molar-refractivity contribution in [3.05, 3.63) is 63.4 Å². The zero-order valence-corrected chi connectivity index (χ0v) is 21.0. The lowest BCUT2D eigenvalue weighted by atomic mass is 9.97. The van der Waals surface area contributed by atoms with E-state index in [0.717, 1.165) is 18.4 Å². The van der Waals surface area contributed by atoms with E-state index in [-0.39, 0.29) is 55.3 Å². The van der Waals surface area contributed by atoms with E-state index < -0.39 is 17.8 Å². The minimum Gasteiger partial charge on any atom is -0.490 e. The van der Waals surface area contributed by atoms with Gasteiger partial charge in [-0.3, -0.25) is 19.3 Å². The maximum absolute atomic E-state index is 14.1. The number of halogens is 3. The molecule has 1 heterocycles. The fraction of sp³-hybridized carbons (Fsp3) is 0.423. The number of rotatable bonds is 12. The van der Waals surface area contributed by atoms with Crippen molar-refractivity contribution in [2.24, 2.45) is 5.92 Å². The molecule has 36 heavy (non-hydrogen) atoms. The number of carboxylic acids is 1. The molecular weight excluding hydrogens is 510 g/mol. The van der Waals surface area contributed by atoms with Crippen LogP contribution in [-0.4, -0.2) is 47.0 Å². The number of carbonyl (C=O) groups is 3. The monoisotopic (exact) mass is 536 g/mol. The fourth-order valence-electron chi connectivity index (χ4n) is 4.46. The molecule has 1 unspecified atom stereocenters. The van der Waals surface area contributed by atoms with Crippen LogP contribution < -0.4 is 10.1 Å². The summed E-state index contributed by atoms with van der Waals surface area (Å²) in [5.74, 6) is -1.12. The highest BCUT2D eigenvalue weighted by molar-refractivity contribution is 6.32. The summed E-state index contributed by atoms with van der Waals surface area (Å²) < 4.78 is 19.8. The zero-order valence-electron chi connectivity index (χ0n) is 19.5. The first kappa shape index (κ1) is 26.4. The smallest absolute Gasteiger partial charge is 0.305 e. The van der Waals surface area contributed by atoms with Crippen molar-refractivity contribution >= 4 is 41.0 Å². The van der Waals surface area contributed by atoms with Crippen molar-refractivity contribution in [1.29, 1.82) is 0 Å². The number of nitrogens with one attached hydrogen (secondary N) is 1. The van der Waals surface area contributed by atoms with Gasteiger partial charge in [0.15, 0.2) is 0 Å². The van der Waals surface area contributed by atoms with Crippen LogP contribution in [-0.2, 0) is 20.8 Å². The molecule has 2 amide bonds. The van der Waals surface area contributed by atoms with Crippen LogP contribution in [0.3, 0.4) is 0 Å². The third-order valence-electron chi connectivity index (χ3n) is 6.51. The maximum atomic E-state index is 14.1. The molecule has 2 aliphatic rings. The van der Waals surface area contributed by atoms with Crippen LogP contribution in [0.1, 0.15) is 49.3 Å². The Morgan fingerprint density at radius 1 is 1.11 bits per heavy atom. The number of hydrogen-bond donors (Lipinski definition) is 2. The third kappa shape index (κ3) is 6.75. The number of amides is 2. The Balaban J connectivity index is 1.40. The Hall–Kier alpha value is -2.68. The highest BCUT2D eigenvalue weighted by atomic mass is 35.5. The van der Waals surface area contributed by atoms with Gasteiger partial charge in [0.25, 0.3) is 0 Å². The molecule has 2 N–H and O–H groups in total. The van der Waals surface area contributed by atoms with E-state index in [1.54, 1.807) is 18.2 Å². The van der Waals surface area contributed by atoms with Crippen LogP contribution in [0.5, 0.6) is 5.75 Å². The highest BCUT2D eigenvalue weighted by Crippen LogP contribution is 2.37. The molecule has 10 heteroatoms. The topological polar surface area (TPSA) is 95.9 Å². The Labute approximate surface area is 218 Å². The molecule has 2 atom stereocenters. The average Bonchev–Trinajstić information content (AvgIpc) is 3.62. The Bertz CT molecular complexity index is 1140. The second-order valence-electron chi connectivity index (χ2n) is 9.19. The predicted molar refractivity (Wildman–Crippen MR) is 133 cm³/mol. The van der Waals surface area contributed by atoms with Crippen molar-refractivity contribution < 1.29 is 28.6 Å². The molecule has 7 nitrogen and oxygen atoms in total. The van der Waals surface area contributed by atoms with Gasteiger partial charge in [-0.05, 0) is 60.6 Å². The number of carbonyl (C=O) groups excluding carboxylic acids is 2. The zero-order chi connectivity index (χ0) is 25.8. The SMILES string of the molecule is O=C(O)C[C@H](NC(Cc1ccc(OCCN2C(=O)CCC2=O)c(Cl)c1)C1CC1)c1ccc(Cl)c(F)c1. The number of likely N-dealkylation sites (tertiary alicyclic amines) is 1. The minimum absolute atomic E-state index is 0.0119. The molecule has 1 aliphatic heterocycles. The molecule has 0 bridgehead atoms. The van der Waals surface area contributed by atoms with Crippen LogP contribution >= 0.6 is 23.2 Å². The summed E-state index contributed by atoms with van der Waals surface area (Å²) in [5.41, 5.74) is 1.47. The number of hydrogen-bond acceptors (Lipinski definition) is 5. The summed E-state index contributed by atoms with van der Waals surface area (Å²) >= 11 is 12.2. The quantitative estimate of drug-likeness (QED) is 0.378. The molecule has 1 saturated heterocycles. The molecule has 2 aromatic carbocycles. The van der Waals surface area contributed by atoms with E-state index in [4.69, 9.17) is 27.9 Å². The lowest BCUT2D eigenvalue weighted by molar-refractivity contribution is -0.139. The van der Waals surface area contributed by atoms with Crippen molar-refractivity contribution in [2.45, 2.75) is 50.6 Å². The molecule has 0 radical (unpaired) electrons. The van der Waals surface area contributed by atoms with Gasteiger partial charge >= 0.3 is 5.97 Å². The van der Waals surface area contributed by atoms with Gasteiger partial charge in [-0.1, -0.05) is 35.3 Å². The van der Waals surface area contributed by atoms with Crippen LogP contribution in [0.2, 0.25) is 10.0 Å². The van der Waals surface area contributed by atoms with Crippen LogP contribution in [0, 0.1) is 11.7 Å². The second kappa shape index (κ2) is 11.6. The van der Waals surface area contributed by atoms with Gasteiger partial charge in [-0.15, -0.1) is 0 Å². The van der Waals surface area contributed by atoms with Gasteiger partial charge in [0, 0.05) is 24.9 Å². The summed E-state index contributed by atoms with van der Waals surface area (Å²) in [6.07, 6.45) is 2.94. The Morgan fingerprint density at radius 3 is 2.44 bits per heavy atom. The number of aliphatic carboxylic acids is 1. The van der Waals surface area contributed by atoms with Crippen molar-refractivity contribution in [2.75, 3.05) is 13.2 Å². The van der Waals surface area contributed by atoms with E-state index in [9.17, 15) is 23.9 Å². The number of benzene rings is 2. The minimum atomic E-state index is -0.987. The van der Waals surface area contributed by atoms with Gasteiger partial charge in [0.1, 0.15) is 18.2 Å². The lowest BCUT2D eigenvalue weighted by Gasteiger charge is -2.26. The molecule has 1 aliphatic carbocycles. The Kier molecular flexibility index (Phi) is 8.49. The summed E-state index contributed by atoms with van der Waals surface area (Å²) in [4.78, 5) is 36.2. The van der Waals surface area contributed by atoms with E-state index in [0.29, 0.717) is 28.7 Å². The van der Waals surface area contributed by atoms with Gasteiger partial charge < -0.3 is 15.2 Å². The van der Waals surface area contributed by atoms with Crippen LogP contribution in [0.25, 0.3) is 0 Å². The van der Waals surface area contributed by atoms with Gasteiger partial charge in [-0.2, -0.15) is 0 Å². The summed E-state index contributed by atoms with van der Waals surface area (Å²) in [6, 6.07) is 9.19. The lowest BCUT2D eigenvalue weighted by Crippen LogP contribution is -2.37. The van der Waals surface area contributed by atoms with Crippen LogP contribution in [0.15, 0.2) is 36.4 Å². The first-order chi connectivity index (χ1) is 17.2. The summed E-state index contributed by atoms with van der Waals surface area (Å²) in [5, 5.41) is 13.3. The van der Waals surface area contributed by atoms with Crippen molar-refractivity contribution in [3.8, 4) is 5.75 Å². The normalized spacial score (nSPS) is 17.4. The van der Waals surface area contributed by atoms with E-state index in [1.807, 2.05) is 6.07 Å². The first-order valence-corrected chi connectivity index (χ1v) is 12.6. The van der Waals surface area contributed by atoms with Crippen LogP contribution in [0.4, 0.5) is 4.39 Å². The van der Waals surface area contributed by atoms with E-state index in [2.05, 4.69) is 5.32 Å². The van der Waals surface area contributed by atoms with Crippen molar-refractivity contribution in [3.63, 3.8) is 0 Å². The molecule has 0 aromatic heterocycles. The standard InChI is InChI=1S/C26H27Cl2FN2O5/c27-18-5-4-17(13-20(18)29)22(14-26(34)35)30-21(16-2-3-16)12-15-1-6-23(19(28)11-15)36-10-9-31-24(32)7-8-25(31)33/h1,4-6,11,13,16,21-22,30H,2-3,7-10,12,14H2,(H,34,35)/t21?,22-/m0/s1. The van der Waals surface area contributed by atoms with Gasteiger partial charge in [0.05, 0.1) is 23.0 Å². The first-order valence-electron chi connectivity index (χ1n) is 11.9. The number of carboxylic acid groups (broad SMARTS) is 1. The van der Waals surface area contributed by atoms with Gasteiger partial charge in [0.2, 0.25) is 11.8 Å². The highest BCUT2D eigenvalue weighted by Gasteiger charge is 2.34. The molecule has 4 rings (SSSR count).